The Hall–Kier alpha value is -3.05. The van der Waals surface area contributed by atoms with E-state index in [1.165, 1.54) is 7.11 Å². The van der Waals surface area contributed by atoms with Crippen molar-refractivity contribution in [2.75, 3.05) is 59.7 Å². The first kappa shape index (κ1) is 28.9. The summed E-state index contributed by atoms with van der Waals surface area (Å²) in [7, 11) is 1.54. The van der Waals surface area contributed by atoms with Gasteiger partial charge >= 0.3 is 5.97 Å². The van der Waals surface area contributed by atoms with Crippen LogP contribution in [0.1, 0.15) is 56.9 Å². The van der Waals surface area contributed by atoms with Gasteiger partial charge in [0.15, 0.2) is 11.5 Å². The van der Waals surface area contributed by atoms with Crippen LogP contribution in [0, 0.1) is 5.92 Å². The normalized spacial score (nSPS) is 22.5. The lowest BCUT2D eigenvalue weighted by atomic mass is 9.84. The quantitative estimate of drug-likeness (QED) is 0.359. The minimum Gasteiger partial charge on any atom is -0.493 e. The molecule has 0 saturated carbocycles. The first-order valence-corrected chi connectivity index (χ1v) is 14.1. The van der Waals surface area contributed by atoms with Crippen LogP contribution < -0.4 is 19.9 Å². The molecule has 2 fully saturated rings. The molecule has 3 aliphatic heterocycles. The zero-order valence-electron chi connectivity index (χ0n) is 23.1. The van der Waals surface area contributed by atoms with Gasteiger partial charge in [0.05, 0.1) is 19.6 Å². The highest BCUT2D eigenvalue weighted by Crippen LogP contribution is 2.47. The van der Waals surface area contributed by atoms with Gasteiger partial charge in [-0.2, -0.15) is 0 Å². The summed E-state index contributed by atoms with van der Waals surface area (Å²) in [5, 5.41) is 10.5. The first-order valence-electron chi connectivity index (χ1n) is 14.1. The maximum absolute atomic E-state index is 13.5. The average Bonchev–Trinajstić information content (AvgIpc) is 3.65. The Morgan fingerprint density at radius 2 is 2.03 bits per heavy atom. The summed E-state index contributed by atoms with van der Waals surface area (Å²) < 4.78 is 16.7. The van der Waals surface area contributed by atoms with Crippen LogP contribution >= 0.6 is 0 Å². The molecule has 3 aliphatic rings. The Morgan fingerprint density at radius 1 is 1.23 bits per heavy atom. The smallest absolute Gasteiger partial charge is 0.308 e. The van der Waals surface area contributed by atoms with E-state index in [0.717, 1.165) is 24.8 Å². The standard InChI is InChI=1S/C28H42N4O7/c1-3-4-10-30(12-6-9-29)25(34)17-32-16-20(19-14-22(37-2)27-23(15-19)38-18-39-27)26(28(35)36)21(32)8-13-31-11-5-7-24(31)33/h14-15,20-21,26H,3-13,16-18,29H2,1-2H3,(H,35,36). The number of nitrogens with two attached hydrogens (primary N) is 1. The Morgan fingerprint density at radius 3 is 2.69 bits per heavy atom. The Labute approximate surface area is 230 Å². The van der Waals surface area contributed by atoms with Crippen LogP contribution in [0.25, 0.3) is 0 Å². The summed E-state index contributed by atoms with van der Waals surface area (Å²) in [5.41, 5.74) is 6.49. The molecule has 0 spiro atoms. The third-order valence-electron chi connectivity index (χ3n) is 8.11. The van der Waals surface area contributed by atoms with Crippen molar-refractivity contribution in [2.24, 2.45) is 11.7 Å². The second-order valence-electron chi connectivity index (χ2n) is 10.6. The molecular weight excluding hydrogens is 504 g/mol. The molecule has 1 aromatic carbocycles. The number of aliphatic carboxylic acids is 1. The number of unbranched alkanes of at least 4 members (excludes halogenated alkanes) is 1. The second kappa shape index (κ2) is 13.3. The van der Waals surface area contributed by atoms with E-state index >= 15 is 0 Å². The van der Waals surface area contributed by atoms with Gasteiger partial charge in [-0.05, 0) is 49.9 Å². The summed E-state index contributed by atoms with van der Waals surface area (Å²) in [6.45, 7) is 5.58. The van der Waals surface area contributed by atoms with E-state index < -0.39 is 23.8 Å². The summed E-state index contributed by atoms with van der Waals surface area (Å²) in [4.78, 5) is 44.3. The van der Waals surface area contributed by atoms with Gasteiger partial charge in [0.1, 0.15) is 0 Å². The minimum atomic E-state index is -0.921. The molecule has 3 atom stereocenters. The zero-order chi connectivity index (χ0) is 27.9. The fraction of sp³-hybridized carbons (Fsp3) is 0.679. The van der Waals surface area contributed by atoms with Crippen molar-refractivity contribution in [3.8, 4) is 17.2 Å². The van der Waals surface area contributed by atoms with Gasteiger partial charge in [-0.15, -0.1) is 0 Å². The lowest BCUT2D eigenvalue weighted by molar-refractivity contribution is -0.144. The maximum atomic E-state index is 13.5. The third-order valence-corrected chi connectivity index (χ3v) is 8.11. The molecule has 11 heteroatoms. The van der Waals surface area contributed by atoms with Crippen molar-refractivity contribution in [3.05, 3.63) is 17.7 Å². The van der Waals surface area contributed by atoms with Crippen LogP contribution in [0.3, 0.4) is 0 Å². The van der Waals surface area contributed by atoms with Crippen molar-refractivity contribution in [1.82, 2.24) is 14.7 Å². The molecule has 11 nitrogen and oxygen atoms in total. The van der Waals surface area contributed by atoms with Crippen molar-refractivity contribution in [1.29, 1.82) is 0 Å². The van der Waals surface area contributed by atoms with Crippen molar-refractivity contribution in [2.45, 2.75) is 57.4 Å². The Balaban J connectivity index is 1.62. The van der Waals surface area contributed by atoms with E-state index in [1.54, 1.807) is 0 Å². The van der Waals surface area contributed by atoms with Crippen LogP contribution in [-0.4, -0.2) is 103 Å². The number of hydrogen-bond acceptors (Lipinski definition) is 8. The highest BCUT2D eigenvalue weighted by Gasteiger charge is 2.48. The summed E-state index contributed by atoms with van der Waals surface area (Å²) in [6, 6.07) is 3.23. The number of fused-ring (bicyclic) bond motifs is 1. The second-order valence-corrected chi connectivity index (χ2v) is 10.6. The molecule has 39 heavy (non-hydrogen) atoms. The molecule has 3 unspecified atom stereocenters. The number of carboxylic acid groups (broad SMARTS) is 1. The number of carbonyl (C=O) groups excluding carboxylic acids is 2. The Bertz CT molecular complexity index is 1030. The maximum Gasteiger partial charge on any atom is 0.308 e. The molecule has 0 aliphatic carbocycles. The van der Waals surface area contributed by atoms with E-state index in [9.17, 15) is 19.5 Å². The van der Waals surface area contributed by atoms with Crippen molar-refractivity contribution < 1.29 is 33.7 Å². The lowest BCUT2D eigenvalue weighted by Gasteiger charge is -2.30. The summed E-state index contributed by atoms with van der Waals surface area (Å²) >= 11 is 0. The summed E-state index contributed by atoms with van der Waals surface area (Å²) in [6.07, 6.45) is 4.41. The van der Waals surface area contributed by atoms with Gasteiger partial charge in [0.2, 0.25) is 24.4 Å². The number of carbonyl (C=O) groups is 3. The molecular formula is C28H42N4O7. The number of rotatable bonds is 14. The SMILES string of the molecule is CCCCN(CCCN)C(=O)CN1CC(c2cc(OC)c3c(c2)OCO3)C(C(=O)O)C1CCN1CCCC1=O. The van der Waals surface area contributed by atoms with Crippen LogP contribution in [0.5, 0.6) is 17.2 Å². The predicted octanol–water partition coefficient (Wildman–Crippen LogP) is 1.88. The highest BCUT2D eigenvalue weighted by molar-refractivity contribution is 5.79. The monoisotopic (exact) mass is 546 g/mol. The number of ether oxygens (including phenoxy) is 3. The van der Waals surface area contributed by atoms with Gasteiger partial charge < -0.3 is 34.9 Å². The van der Waals surface area contributed by atoms with Crippen LogP contribution in [-0.2, 0) is 14.4 Å². The van der Waals surface area contributed by atoms with Crippen molar-refractivity contribution in [3.63, 3.8) is 0 Å². The molecule has 0 radical (unpaired) electrons. The molecule has 1 aromatic rings. The number of amides is 2. The van der Waals surface area contributed by atoms with E-state index in [-0.39, 0.29) is 25.2 Å². The van der Waals surface area contributed by atoms with Gasteiger partial charge in [-0.1, -0.05) is 13.3 Å². The lowest BCUT2D eigenvalue weighted by Crippen LogP contribution is -2.46. The van der Waals surface area contributed by atoms with Gasteiger partial charge in [0.25, 0.3) is 0 Å². The predicted molar refractivity (Wildman–Crippen MR) is 144 cm³/mol. The molecule has 4 rings (SSSR count). The van der Waals surface area contributed by atoms with Crippen molar-refractivity contribution >= 4 is 17.8 Å². The third kappa shape index (κ3) is 6.58. The fourth-order valence-corrected chi connectivity index (χ4v) is 6.05. The average molecular weight is 547 g/mol. The largest absolute Gasteiger partial charge is 0.493 e. The molecule has 2 saturated heterocycles. The zero-order valence-corrected chi connectivity index (χ0v) is 23.1. The molecule has 0 bridgehead atoms. The molecule has 3 N–H and O–H groups in total. The van der Waals surface area contributed by atoms with Crippen LogP contribution in [0.4, 0.5) is 0 Å². The molecule has 2 amide bonds. The first-order chi connectivity index (χ1) is 18.9. The topological polar surface area (TPSA) is 135 Å². The van der Waals surface area contributed by atoms with E-state index in [1.807, 2.05) is 26.8 Å². The van der Waals surface area contributed by atoms with Gasteiger partial charge in [0, 0.05) is 51.1 Å². The number of likely N-dealkylation sites (tertiary alicyclic amines) is 2. The van der Waals surface area contributed by atoms with E-state index in [2.05, 4.69) is 6.92 Å². The summed E-state index contributed by atoms with van der Waals surface area (Å²) in [5.74, 6) is -0.483. The van der Waals surface area contributed by atoms with Gasteiger partial charge in [-0.25, -0.2) is 0 Å². The van der Waals surface area contributed by atoms with Crippen LogP contribution in [0.15, 0.2) is 12.1 Å². The number of nitrogens with zero attached hydrogens (tertiary/aromatic N) is 3. The van der Waals surface area contributed by atoms with E-state index in [0.29, 0.717) is 75.8 Å². The Kier molecular flexibility index (Phi) is 9.90. The number of benzene rings is 1. The number of hydrogen-bond donors (Lipinski definition) is 2. The molecule has 216 valence electrons. The molecule has 0 aromatic heterocycles. The van der Waals surface area contributed by atoms with E-state index in [4.69, 9.17) is 19.9 Å². The molecule has 3 heterocycles. The number of methoxy groups -OCH3 is 1. The fourth-order valence-electron chi connectivity index (χ4n) is 6.05. The highest BCUT2D eigenvalue weighted by atomic mass is 16.7. The van der Waals surface area contributed by atoms with Gasteiger partial charge in [-0.3, -0.25) is 19.3 Å². The van der Waals surface area contributed by atoms with Crippen LogP contribution in [0.2, 0.25) is 0 Å². The number of carboxylic acids is 1. The minimum absolute atomic E-state index is 0.0211.